The smallest absolute Gasteiger partial charge is 0.308 e. The summed E-state index contributed by atoms with van der Waals surface area (Å²) in [7, 11) is 0. The van der Waals surface area contributed by atoms with Gasteiger partial charge in [0.15, 0.2) is 0 Å². The van der Waals surface area contributed by atoms with Gasteiger partial charge >= 0.3 is 17.9 Å². The van der Waals surface area contributed by atoms with Crippen LogP contribution in [0, 0.1) is 13.8 Å². The van der Waals surface area contributed by atoms with Crippen LogP contribution in [0.4, 0.5) is 0 Å². The average Bonchev–Trinajstić information content (AvgIpc) is 2.73. The topological polar surface area (TPSA) is 78.9 Å². The molecule has 6 heteroatoms. The monoisotopic (exact) mass is 460 g/mol. The van der Waals surface area contributed by atoms with Crippen LogP contribution in [0.25, 0.3) is 0 Å². The molecule has 0 amide bonds. The minimum Gasteiger partial charge on any atom is -0.426 e. The number of esters is 3. The van der Waals surface area contributed by atoms with Crippen LogP contribution in [0.3, 0.4) is 0 Å². The molecule has 34 heavy (non-hydrogen) atoms. The molecule has 3 aromatic carbocycles. The van der Waals surface area contributed by atoms with Gasteiger partial charge in [0.05, 0.1) is 0 Å². The van der Waals surface area contributed by atoms with Gasteiger partial charge in [-0.05, 0) is 48.2 Å². The fourth-order valence-electron chi connectivity index (χ4n) is 3.88. The highest BCUT2D eigenvalue weighted by molar-refractivity contribution is 5.72. The summed E-state index contributed by atoms with van der Waals surface area (Å²) in [4.78, 5) is 35.2. The zero-order valence-electron chi connectivity index (χ0n) is 20.1. The first-order valence-electron chi connectivity index (χ1n) is 11.0. The van der Waals surface area contributed by atoms with E-state index in [0.717, 1.165) is 33.4 Å². The first kappa shape index (κ1) is 24.7. The van der Waals surface area contributed by atoms with E-state index >= 15 is 0 Å². The van der Waals surface area contributed by atoms with E-state index in [4.69, 9.17) is 14.2 Å². The Balaban J connectivity index is 2.09. The van der Waals surface area contributed by atoms with E-state index in [1.54, 1.807) is 18.2 Å². The summed E-state index contributed by atoms with van der Waals surface area (Å²) in [6, 6.07) is 16.8. The average molecular weight is 461 g/mol. The minimum atomic E-state index is -0.441. The largest absolute Gasteiger partial charge is 0.426 e. The van der Waals surface area contributed by atoms with E-state index < -0.39 is 17.9 Å². The lowest BCUT2D eigenvalue weighted by Gasteiger charge is -2.18. The van der Waals surface area contributed by atoms with Crippen molar-refractivity contribution in [3.8, 4) is 17.2 Å². The van der Waals surface area contributed by atoms with E-state index in [-0.39, 0.29) is 0 Å². The number of benzene rings is 3. The van der Waals surface area contributed by atoms with Crippen molar-refractivity contribution in [2.45, 2.75) is 47.5 Å². The fraction of sp³-hybridized carbons (Fsp3) is 0.250. The summed E-state index contributed by atoms with van der Waals surface area (Å²) in [6.45, 7) is 8.00. The predicted molar refractivity (Wildman–Crippen MR) is 128 cm³/mol. The summed E-state index contributed by atoms with van der Waals surface area (Å²) >= 11 is 0. The second-order valence-corrected chi connectivity index (χ2v) is 8.27. The number of ether oxygens (including phenoxy) is 3. The zero-order chi connectivity index (χ0) is 24.8. The maximum Gasteiger partial charge on any atom is 0.308 e. The number of rotatable bonds is 7. The maximum absolute atomic E-state index is 12.0. The summed E-state index contributed by atoms with van der Waals surface area (Å²) in [5.74, 6) is 0.125. The Hall–Kier alpha value is -3.93. The molecule has 0 radical (unpaired) electrons. The highest BCUT2D eigenvalue weighted by Crippen LogP contribution is 2.34. The fourth-order valence-corrected chi connectivity index (χ4v) is 3.88. The Labute approximate surface area is 199 Å². The van der Waals surface area contributed by atoms with Crippen LogP contribution < -0.4 is 14.2 Å². The molecule has 3 rings (SSSR count). The number of hydrogen-bond acceptors (Lipinski definition) is 6. The Morgan fingerprint density at radius 2 is 1.09 bits per heavy atom. The molecule has 0 aliphatic rings. The molecule has 0 fully saturated rings. The molecule has 0 aromatic heterocycles. The highest BCUT2D eigenvalue weighted by atomic mass is 16.5. The van der Waals surface area contributed by atoms with E-state index in [0.29, 0.717) is 30.1 Å². The summed E-state index contributed by atoms with van der Waals surface area (Å²) in [5, 5.41) is 0. The number of carbonyl (C=O) groups is 3. The molecule has 0 aliphatic carbocycles. The van der Waals surface area contributed by atoms with Crippen LogP contribution in [0.2, 0.25) is 0 Å². The molecule has 0 unspecified atom stereocenters. The molecule has 0 saturated carbocycles. The molecule has 0 bridgehead atoms. The Morgan fingerprint density at radius 1 is 0.588 bits per heavy atom. The summed E-state index contributed by atoms with van der Waals surface area (Å²) in [5.41, 5.74) is 5.16. The molecule has 0 spiro atoms. The summed E-state index contributed by atoms with van der Waals surface area (Å²) < 4.78 is 16.5. The number of hydrogen-bond donors (Lipinski definition) is 0. The molecular weight excluding hydrogens is 432 g/mol. The normalized spacial score (nSPS) is 10.5. The van der Waals surface area contributed by atoms with Crippen molar-refractivity contribution in [2.24, 2.45) is 0 Å². The van der Waals surface area contributed by atoms with Crippen molar-refractivity contribution >= 4 is 17.9 Å². The van der Waals surface area contributed by atoms with Crippen LogP contribution in [0.15, 0.2) is 54.6 Å². The molecule has 6 nitrogen and oxygen atoms in total. The second-order valence-electron chi connectivity index (χ2n) is 8.27. The van der Waals surface area contributed by atoms with Gasteiger partial charge in [0.1, 0.15) is 17.2 Å². The minimum absolute atomic E-state index is 0.394. The van der Waals surface area contributed by atoms with Gasteiger partial charge in [0.2, 0.25) is 0 Å². The molecule has 0 heterocycles. The van der Waals surface area contributed by atoms with Gasteiger partial charge in [-0.1, -0.05) is 53.6 Å². The Kier molecular flexibility index (Phi) is 7.84. The number of para-hydroxylation sites is 1. The summed E-state index contributed by atoms with van der Waals surface area (Å²) in [6.07, 6.45) is 0.790. The van der Waals surface area contributed by atoms with Crippen LogP contribution >= 0.6 is 0 Å². The first-order chi connectivity index (χ1) is 16.1. The van der Waals surface area contributed by atoms with Gasteiger partial charge in [-0.15, -0.1) is 0 Å². The third-order valence-electron chi connectivity index (χ3n) is 5.09. The highest BCUT2D eigenvalue weighted by Gasteiger charge is 2.18. The van der Waals surface area contributed by atoms with Gasteiger partial charge in [0.25, 0.3) is 0 Å². The van der Waals surface area contributed by atoms with Crippen molar-refractivity contribution in [3.05, 3.63) is 88.0 Å². The van der Waals surface area contributed by atoms with E-state index in [1.165, 1.54) is 20.8 Å². The molecule has 0 saturated heterocycles. The molecule has 0 N–H and O–H groups in total. The van der Waals surface area contributed by atoms with Crippen LogP contribution in [0.1, 0.15) is 54.2 Å². The molecule has 0 atom stereocenters. The zero-order valence-corrected chi connectivity index (χ0v) is 20.1. The Bertz CT molecular complexity index is 1240. The molecule has 3 aromatic rings. The van der Waals surface area contributed by atoms with Gasteiger partial charge < -0.3 is 14.2 Å². The van der Waals surface area contributed by atoms with Crippen LogP contribution in [0.5, 0.6) is 17.2 Å². The van der Waals surface area contributed by atoms with E-state index in [2.05, 4.69) is 0 Å². The van der Waals surface area contributed by atoms with Crippen LogP contribution in [-0.2, 0) is 27.2 Å². The SMILES string of the molecule is CC(=O)Oc1ccccc1Cc1cc(C)cc(Cc2cc(C)ccc2OC(C)=O)c1OC(C)=O. The van der Waals surface area contributed by atoms with Crippen molar-refractivity contribution in [1.82, 2.24) is 0 Å². The van der Waals surface area contributed by atoms with E-state index in [9.17, 15) is 14.4 Å². The number of carbonyl (C=O) groups excluding carboxylic acids is 3. The van der Waals surface area contributed by atoms with Gasteiger partial charge in [0, 0.05) is 33.6 Å². The lowest BCUT2D eigenvalue weighted by Crippen LogP contribution is -2.10. The van der Waals surface area contributed by atoms with E-state index in [1.807, 2.05) is 50.2 Å². The van der Waals surface area contributed by atoms with Crippen molar-refractivity contribution in [3.63, 3.8) is 0 Å². The Morgan fingerprint density at radius 3 is 1.68 bits per heavy atom. The lowest BCUT2D eigenvalue weighted by molar-refractivity contribution is -0.132. The molecular formula is C28H28O6. The lowest BCUT2D eigenvalue weighted by atomic mass is 9.94. The van der Waals surface area contributed by atoms with Crippen molar-refractivity contribution in [2.75, 3.05) is 0 Å². The number of aryl methyl sites for hydroxylation is 2. The van der Waals surface area contributed by atoms with Gasteiger partial charge in [-0.3, -0.25) is 14.4 Å². The van der Waals surface area contributed by atoms with Crippen LogP contribution in [-0.4, -0.2) is 17.9 Å². The van der Waals surface area contributed by atoms with Gasteiger partial charge in [-0.2, -0.15) is 0 Å². The van der Waals surface area contributed by atoms with Crippen molar-refractivity contribution < 1.29 is 28.6 Å². The predicted octanol–water partition coefficient (Wildman–Crippen LogP) is 5.26. The third kappa shape index (κ3) is 6.54. The second kappa shape index (κ2) is 10.8. The van der Waals surface area contributed by atoms with Gasteiger partial charge in [-0.25, -0.2) is 0 Å². The standard InChI is InChI=1S/C28H28O6/c1-17-10-11-27(33-20(4)30)23(12-17)16-25-14-18(2)13-24(28(25)34-21(5)31)15-22-8-6-7-9-26(22)32-19(3)29/h6-14H,15-16H2,1-5H3. The van der Waals surface area contributed by atoms with Crippen molar-refractivity contribution in [1.29, 1.82) is 0 Å². The molecule has 176 valence electrons. The first-order valence-corrected chi connectivity index (χ1v) is 11.0. The third-order valence-corrected chi connectivity index (χ3v) is 5.09. The maximum atomic E-state index is 12.0. The quantitative estimate of drug-likeness (QED) is 0.353. The molecule has 0 aliphatic heterocycles.